The molecule has 0 aromatic carbocycles. The molecule has 0 aliphatic rings. The maximum atomic E-state index is 4.91. The Kier molecular flexibility index (Phi) is 19.4. The fraction of sp³-hybridized carbons (Fsp3) is 1.00. The van der Waals surface area contributed by atoms with E-state index in [0.717, 1.165) is 0 Å². The van der Waals surface area contributed by atoms with Crippen LogP contribution in [0, 0.1) is 0 Å². The molecule has 0 fully saturated rings. The first kappa shape index (κ1) is 28.6. The van der Waals surface area contributed by atoms with Crippen LogP contribution < -0.4 is 1.76 Å². The summed E-state index contributed by atoms with van der Waals surface area (Å²) in [5.41, 5.74) is 0. The number of nitrogens with one attached hydrogen (secondary N) is 1. The van der Waals surface area contributed by atoms with Crippen LogP contribution in [0.2, 0.25) is 26.6 Å². The van der Waals surface area contributed by atoms with Crippen molar-refractivity contribution in [2.24, 2.45) is 0 Å². The third-order valence-corrected chi connectivity index (χ3v) is 52.4. The van der Waals surface area contributed by atoms with E-state index < -0.39 is 37.3 Å². The Hall–Kier alpha value is 1.56. The van der Waals surface area contributed by atoms with Crippen LogP contribution in [0.15, 0.2) is 0 Å². The summed E-state index contributed by atoms with van der Waals surface area (Å²) in [5, 5.41) is 0. The van der Waals surface area contributed by atoms with Gasteiger partial charge < -0.3 is 0 Å². The van der Waals surface area contributed by atoms with E-state index in [1.54, 1.807) is 26.6 Å². The van der Waals surface area contributed by atoms with Crippen LogP contribution in [0.1, 0.15) is 119 Å². The van der Waals surface area contributed by atoms with Crippen molar-refractivity contribution in [2.75, 3.05) is 0 Å². The van der Waals surface area contributed by atoms with Crippen LogP contribution in [0.25, 0.3) is 0 Å². The van der Waals surface area contributed by atoms with Crippen molar-refractivity contribution in [1.82, 2.24) is 1.76 Å². The van der Waals surface area contributed by atoms with E-state index in [1.807, 2.05) is 0 Å². The summed E-state index contributed by atoms with van der Waals surface area (Å²) in [6, 6.07) is 0. The van der Waals surface area contributed by atoms with Crippen LogP contribution in [-0.2, 0) is 0 Å². The van der Waals surface area contributed by atoms with Crippen molar-refractivity contribution in [2.45, 2.75) is 145 Å². The first-order valence-corrected chi connectivity index (χ1v) is 27.8. The Bertz CT molecular complexity index is 246. The Morgan fingerprint density at radius 1 is 0.370 bits per heavy atom. The van der Waals surface area contributed by atoms with E-state index in [-0.39, 0.29) is 0 Å². The van der Waals surface area contributed by atoms with E-state index in [1.165, 1.54) is 77.0 Å². The molecule has 0 aliphatic carbocycles. The molecule has 164 valence electrons. The molecule has 0 heterocycles. The van der Waals surface area contributed by atoms with E-state index in [2.05, 4.69) is 41.5 Å². The van der Waals surface area contributed by atoms with Gasteiger partial charge in [0.25, 0.3) is 0 Å². The zero-order valence-corrected chi connectivity index (χ0v) is 25.9. The molecule has 27 heavy (non-hydrogen) atoms. The molecular weight excluding hydrogens is 540 g/mol. The Morgan fingerprint density at radius 3 is 0.704 bits per heavy atom. The molecule has 0 atom stereocenters. The molecular formula is C24H55NSn2. The van der Waals surface area contributed by atoms with Crippen LogP contribution in [-0.4, -0.2) is 37.3 Å². The molecule has 0 unspecified atom stereocenters. The summed E-state index contributed by atoms with van der Waals surface area (Å²) in [4.78, 5) is 0. The van der Waals surface area contributed by atoms with Crippen molar-refractivity contribution in [3.63, 3.8) is 0 Å². The van der Waals surface area contributed by atoms with Gasteiger partial charge in [0.05, 0.1) is 0 Å². The van der Waals surface area contributed by atoms with Gasteiger partial charge in [0.2, 0.25) is 0 Å². The van der Waals surface area contributed by atoms with Crippen LogP contribution in [0.3, 0.4) is 0 Å². The van der Waals surface area contributed by atoms with Gasteiger partial charge in [-0.3, -0.25) is 0 Å². The van der Waals surface area contributed by atoms with Gasteiger partial charge in [-0.05, 0) is 0 Å². The monoisotopic (exact) mass is 597 g/mol. The fourth-order valence-corrected chi connectivity index (χ4v) is 68.0. The van der Waals surface area contributed by atoms with E-state index >= 15 is 0 Å². The average Bonchev–Trinajstić information content (AvgIpc) is 2.70. The predicted molar refractivity (Wildman–Crippen MR) is 133 cm³/mol. The molecule has 0 saturated carbocycles. The molecule has 0 aromatic rings. The van der Waals surface area contributed by atoms with Gasteiger partial charge in [-0.25, -0.2) is 0 Å². The molecule has 0 spiro atoms. The summed E-state index contributed by atoms with van der Waals surface area (Å²) in [7, 11) is 0. The molecule has 0 aromatic heterocycles. The zero-order chi connectivity index (χ0) is 20.4. The van der Waals surface area contributed by atoms with Gasteiger partial charge in [-0.1, -0.05) is 0 Å². The zero-order valence-electron chi connectivity index (χ0n) is 20.2. The molecule has 0 radical (unpaired) electrons. The van der Waals surface area contributed by atoms with E-state index in [4.69, 9.17) is 1.76 Å². The third kappa shape index (κ3) is 12.8. The second-order valence-electron chi connectivity index (χ2n) is 9.31. The van der Waals surface area contributed by atoms with Gasteiger partial charge in [-0.2, -0.15) is 0 Å². The van der Waals surface area contributed by atoms with Gasteiger partial charge in [-0.15, -0.1) is 0 Å². The van der Waals surface area contributed by atoms with Crippen LogP contribution in [0.5, 0.6) is 0 Å². The first-order chi connectivity index (χ1) is 13.1. The summed E-state index contributed by atoms with van der Waals surface area (Å²) < 4.78 is 14.8. The van der Waals surface area contributed by atoms with Crippen molar-refractivity contribution in [3.05, 3.63) is 0 Å². The number of hydrogen-bond acceptors (Lipinski definition) is 1. The van der Waals surface area contributed by atoms with E-state index in [9.17, 15) is 0 Å². The average molecular weight is 595 g/mol. The number of hydrogen-bond donors (Lipinski definition) is 1. The molecule has 0 bridgehead atoms. The summed E-state index contributed by atoms with van der Waals surface area (Å²) in [6.07, 6.45) is 17.5. The topological polar surface area (TPSA) is 12.0 Å². The standard InChI is InChI=1S/6C4H9.HN.2Sn/c6*1-3-4-2;;;/h6*1,3-4H2,2H3;1H;;. The van der Waals surface area contributed by atoms with Crippen molar-refractivity contribution >= 4 is 37.3 Å². The van der Waals surface area contributed by atoms with Crippen molar-refractivity contribution < 1.29 is 0 Å². The normalized spacial score (nSPS) is 12.7. The minimum atomic E-state index is -2.21. The molecule has 1 nitrogen and oxygen atoms in total. The van der Waals surface area contributed by atoms with Crippen molar-refractivity contribution in [1.29, 1.82) is 0 Å². The van der Waals surface area contributed by atoms with Crippen LogP contribution in [0.4, 0.5) is 0 Å². The number of unbranched alkanes of at least 4 members (excludes halogenated alkanes) is 6. The van der Waals surface area contributed by atoms with Crippen molar-refractivity contribution in [3.8, 4) is 0 Å². The van der Waals surface area contributed by atoms with Crippen LogP contribution >= 0.6 is 0 Å². The second kappa shape index (κ2) is 18.3. The SMILES string of the molecule is CCC[CH2][Sn]([CH2]CCC)([CH2]CCC)[NH][Sn]([CH2]CCC)([CH2]CCC)[CH2]CCC. The quantitative estimate of drug-likeness (QED) is 0.139. The summed E-state index contributed by atoms with van der Waals surface area (Å²) in [5.74, 6) is 0. The summed E-state index contributed by atoms with van der Waals surface area (Å²) in [6.45, 7) is 14.5. The molecule has 1 N–H and O–H groups in total. The second-order valence-corrected chi connectivity index (χ2v) is 38.0. The predicted octanol–water partition coefficient (Wildman–Crippen LogP) is 9.27. The first-order valence-electron chi connectivity index (χ1n) is 12.9. The Labute approximate surface area is 183 Å². The molecule has 0 aliphatic heterocycles. The third-order valence-electron chi connectivity index (χ3n) is 6.58. The Morgan fingerprint density at radius 2 is 0.556 bits per heavy atom. The van der Waals surface area contributed by atoms with Gasteiger partial charge >= 0.3 is 184 Å². The Balaban J connectivity index is 5.66. The maximum absolute atomic E-state index is 4.91. The molecule has 0 saturated heterocycles. The molecule has 0 amide bonds. The minimum absolute atomic E-state index is 1.40. The molecule has 0 rings (SSSR count). The number of rotatable bonds is 20. The van der Waals surface area contributed by atoms with Gasteiger partial charge in [0.1, 0.15) is 0 Å². The molecule has 3 heteroatoms. The van der Waals surface area contributed by atoms with Gasteiger partial charge in [0.15, 0.2) is 0 Å². The fourth-order valence-electron chi connectivity index (χ4n) is 4.78. The summed E-state index contributed by atoms with van der Waals surface area (Å²) >= 11 is -4.42. The van der Waals surface area contributed by atoms with Gasteiger partial charge in [0, 0.05) is 0 Å². The van der Waals surface area contributed by atoms with E-state index in [0.29, 0.717) is 0 Å².